The average Bonchev–Trinajstić information content (AvgIpc) is 3.21. The molecule has 0 radical (unpaired) electrons. The van der Waals surface area contributed by atoms with E-state index in [0.29, 0.717) is 12.4 Å². The molecule has 28 heavy (non-hydrogen) atoms. The lowest BCUT2D eigenvalue weighted by Gasteiger charge is -2.33. The molecule has 2 aliphatic rings. The van der Waals surface area contributed by atoms with Crippen molar-refractivity contribution < 1.29 is 4.79 Å². The van der Waals surface area contributed by atoms with Gasteiger partial charge in [0, 0.05) is 17.7 Å². The van der Waals surface area contributed by atoms with Crippen molar-refractivity contribution in [3.63, 3.8) is 0 Å². The smallest absolute Gasteiger partial charge is 0.226 e. The first kappa shape index (κ1) is 16.7. The summed E-state index contributed by atoms with van der Waals surface area (Å²) in [6, 6.07) is 20.1. The number of aromatic nitrogens is 3. The van der Waals surface area contributed by atoms with Gasteiger partial charge in [-0.15, -0.1) is 0 Å². The van der Waals surface area contributed by atoms with Crippen molar-refractivity contribution in [2.24, 2.45) is 0 Å². The maximum Gasteiger partial charge on any atom is 0.226 e. The van der Waals surface area contributed by atoms with Crippen LogP contribution in [0.25, 0.3) is 6.08 Å². The largest absolute Gasteiger partial charge is 0.328 e. The van der Waals surface area contributed by atoms with Crippen molar-refractivity contribution in [2.45, 2.75) is 24.8 Å². The summed E-state index contributed by atoms with van der Waals surface area (Å²) >= 11 is 0. The first-order chi connectivity index (χ1) is 13.8. The highest BCUT2D eigenvalue weighted by atomic mass is 16.1. The van der Waals surface area contributed by atoms with Crippen LogP contribution in [0.4, 0.5) is 5.95 Å². The SMILES string of the molecule is O=C1C[C@@H](c2ccccc2)CC2=C1[C@H](/C=C/c1ccccc1)n1ncnc1N2. The summed E-state index contributed by atoms with van der Waals surface area (Å²) in [6.07, 6.45) is 6.94. The number of anilines is 1. The Morgan fingerprint density at radius 2 is 1.75 bits per heavy atom. The highest BCUT2D eigenvalue weighted by Crippen LogP contribution is 2.42. The Kier molecular flexibility index (Phi) is 4.13. The zero-order valence-electron chi connectivity index (χ0n) is 15.3. The molecule has 2 aromatic carbocycles. The summed E-state index contributed by atoms with van der Waals surface area (Å²) < 4.78 is 1.79. The molecular formula is C23H20N4O. The van der Waals surface area contributed by atoms with Crippen LogP contribution in [0.3, 0.4) is 0 Å². The van der Waals surface area contributed by atoms with Crippen LogP contribution in [0.5, 0.6) is 0 Å². The van der Waals surface area contributed by atoms with Crippen LogP contribution < -0.4 is 5.32 Å². The normalized spacial score (nSPS) is 21.4. The first-order valence-corrected chi connectivity index (χ1v) is 9.50. The van der Waals surface area contributed by atoms with E-state index in [-0.39, 0.29) is 17.7 Å². The van der Waals surface area contributed by atoms with Gasteiger partial charge in [-0.05, 0) is 23.5 Å². The molecule has 2 heterocycles. The van der Waals surface area contributed by atoms with Crippen LogP contribution in [0.15, 0.2) is 84.3 Å². The highest BCUT2D eigenvalue weighted by Gasteiger charge is 2.37. The third-order valence-corrected chi connectivity index (χ3v) is 5.44. The minimum Gasteiger partial charge on any atom is -0.328 e. The second kappa shape index (κ2) is 6.93. The number of carbonyl (C=O) groups excluding carboxylic acids is 1. The van der Waals surface area contributed by atoms with Crippen LogP contribution >= 0.6 is 0 Å². The van der Waals surface area contributed by atoms with Crippen LogP contribution in [-0.4, -0.2) is 20.5 Å². The fraction of sp³-hybridized carbons (Fsp3) is 0.174. The van der Waals surface area contributed by atoms with Gasteiger partial charge in [-0.25, -0.2) is 4.68 Å². The maximum absolute atomic E-state index is 13.2. The van der Waals surface area contributed by atoms with Gasteiger partial charge in [0.05, 0.1) is 0 Å². The zero-order valence-corrected chi connectivity index (χ0v) is 15.3. The van der Waals surface area contributed by atoms with Gasteiger partial charge in [-0.1, -0.05) is 72.8 Å². The van der Waals surface area contributed by atoms with Crippen molar-refractivity contribution in [3.8, 4) is 0 Å². The molecule has 1 N–H and O–H groups in total. The van der Waals surface area contributed by atoms with E-state index in [0.717, 1.165) is 23.3 Å². The Labute approximate surface area is 163 Å². The molecule has 5 heteroatoms. The molecule has 3 aromatic rings. The second-order valence-corrected chi connectivity index (χ2v) is 7.20. The van der Waals surface area contributed by atoms with Gasteiger partial charge in [0.15, 0.2) is 5.78 Å². The van der Waals surface area contributed by atoms with Crippen molar-refractivity contribution in [2.75, 3.05) is 5.32 Å². The fourth-order valence-corrected chi connectivity index (χ4v) is 4.10. The number of nitrogens with one attached hydrogen (secondary N) is 1. The lowest BCUT2D eigenvalue weighted by molar-refractivity contribution is -0.116. The molecule has 0 saturated heterocycles. The van der Waals surface area contributed by atoms with Gasteiger partial charge in [0.1, 0.15) is 12.4 Å². The van der Waals surface area contributed by atoms with Gasteiger partial charge >= 0.3 is 0 Å². The Morgan fingerprint density at radius 3 is 2.54 bits per heavy atom. The van der Waals surface area contributed by atoms with E-state index in [1.165, 1.54) is 11.9 Å². The number of Topliss-reactive ketones (excluding diaryl/α,β-unsaturated/α-hetero) is 1. The molecule has 1 aliphatic heterocycles. The summed E-state index contributed by atoms with van der Waals surface area (Å²) in [5.41, 5.74) is 4.06. The number of benzene rings is 2. The average molecular weight is 368 g/mol. The van der Waals surface area contributed by atoms with Crippen LogP contribution in [0, 0.1) is 0 Å². The van der Waals surface area contributed by atoms with Crippen molar-refractivity contribution >= 4 is 17.8 Å². The number of ketones is 1. The Bertz CT molecular complexity index is 1070. The van der Waals surface area contributed by atoms with E-state index < -0.39 is 0 Å². The molecule has 1 aromatic heterocycles. The molecule has 0 unspecified atom stereocenters. The van der Waals surface area contributed by atoms with E-state index in [9.17, 15) is 4.79 Å². The van der Waals surface area contributed by atoms with Gasteiger partial charge in [-0.3, -0.25) is 4.79 Å². The van der Waals surface area contributed by atoms with E-state index in [1.807, 2.05) is 60.7 Å². The molecule has 0 bridgehead atoms. The lowest BCUT2D eigenvalue weighted by atomic mass is 9.79. The van der Waals surface area contributed by atoms with Crippen LogP contribution in [-0.2, 0) is 4.79 Å². The van der Waals surface area contributed by atoms with Gasteiger partial charge in [-0.2, -0.15) is 10.1 Å². The summed E-state index contributed by atoms with van der Waals surface area (Å²) in [5, 5.41) is 7.71. The predicted octanol–water partition coefficient (Wildman–Crippen LogP) is 4.36. The Balaban J connectivity index is 1.53. The van der Waals surface area contributed by atoms with Crippen LogP contribution in [0.1, 0.15) is 35.9 Å². The number of rotatable bonds is 3. The quantitative estimate of drug-likeness (QED) is 0.746. The van der Waals surface area contributed by atoms with Gasteiger partial charge in [0.2, 0.25) is 5.95 Å². The third-order valence-electron chi connectivity index (χ3n) is 5.44. The van der Waals surface area contributed by atoms with Crippen LogP contribution in [0.2, 0.25) is 0 Å². The predicted molar refractivity (Wildman–Crippen MR) is 109 cm³/mol. The number of fused-ring (bicyclic) bond motifs is 1. The highest BCUT2D eigenvalue weighted by molar-refractivity contribution is 6.00. The topological polar surface area (TPSA) is 59.8 Å². The monoisotopic (exact) mass is 368 g/mol. The number of hydrogen-bond acceptors (Lipinski definition) is 4. The molecule has 1 aliphatic carbocycles. The molecule has 0 fully saturated rings. The Morgan fingerprint density at radius 1 is 1.00 bits per heavy atom. The minimum atomic E-state index is -0.238. The van der Waals surface area contributed by atoms with Crippen molar-refractivity contribution in [3.05, 3.63) is 95.5 Å². The van der Waals surface area contributed by atoms with Crippen molar-refractivity contribution in [1.29, 1.82) is 0 Å². The summed E-state index contributed by atoms with van der Waals surface area (Å²) in [6.45, 7) is 0. The van der Waals surface area contributed by atoms with E-state index in [1.54, 1.807) is 4.68 Å². The molecule has 2 atom stereocenters. The summed E-state index contributed by atoms with van der Waals surface area (Å²) in [7, 11) is 0. The number of hydrogen-bond donors (Lipinski definition) is 1. The van der Waals surface area contributed by atoms with Crippen molar-refractivity contribution in [1.82, 2.24) is 14.8 Å². The number of nitrogens with zero attached hydrogens (tertiary/aromatic N) is 3. The van der Waals surface area contributed by atoms with E-state index in [4.69, 9.17) is 0 Å². The first-order valence-electron chi connectivity index (χ1n) is 9.50. The maximum atomic E-state index is 13.2. The molecule has 0 spiro atoms. The molecule has 138 valence electrons. The zero-order chi connectivity index (χ0) is 18.9. The van der Waals surface area contributed by atoms with Gasteiger partial charge < -0.3 is 5.32 Å². The number of allylic oxidation sites excluding steroid dienone is 3. The molecule has 0 saturated carbocycles. The summed E-state index contributed by atoms with van der Waals surface area (Å²) in [4.78, 5) is 17.5. The van der Waals surface area contributed by atoms with E-state index >= 15 is 0 Å². The fourth-order valence-electron chi connectivity index (χ4n) is 4.10. The molecular weight excluding hydrogens is 348 g/mol. The minimum absolute atomic E-state index is 0.173. The van der Waals surface area contributed by atoms with Gasteiger partial charge in [0.25, 0.3) is 0 Å². The molecule has 5 rings (SSSR count). The molecule has 5 nitrogen and oxygen atoms in total. The standard InChI is InChI=1S/C23H20N4O/c28-21-14-18(17-9-5-2-6-10-17)13-19-22(21)20(27-23(26-19)24-15-25-27)12-11-16-7-3-1-4-8-16/h1-12,15,18,20H,13-14H2,(H,24,25,26)/b12-11+/t18-,20-/m0/s1. The second-order valence-electron chi connectivity index (χ2n) is 7.20. The Hall–Kier alpha value is -3.47. The van der Waals surface area contributed by atoms with E-state index in [2.05, 4.69) is 27.5 Å². The number of carbonyl (C=O) groups is 1. The third kappa shape index (κ3) is 2.95. The molecule has 0 amide bonds. The lowest BCUT2D eigenvalue weighted by Crippen LogP contribution is -2.32. The summed E-state index contributed by atoms with van der Waals surface area (Å²) in [5.74, 6) is 1.04.